The highest BCUT2D eigenvalue weighted by Crippen LogP contribution is 2.41. The number of alkyl halides is 1. The van der Waals surface area contributed by atoms with Gasteiger partial charge in [-0.15, -0.1) is 0 Å². The zero-order chi connectivity index (χ0) is 5.28. The highest BCUT2D eigenvalue weighted by atomic mass is 79.9. The zero-order valence-corrected chi connectivity index (χ0v) is 6.24. The first kappa shape index (κ1) is 5.61. The van der Waals surface area contributed by atoms with Crippen LogP contribution in [0.4, 0.5) is 0 Å². The highest BCUT2D eigenvalue weighted by Gasteiger charge is 2.33. The summed E-state index contributed by atoms with van der Waals surface area (Å²) in [6, 6.07) is 0. The number of hydrogen-bond acceptors (Lipinski definition) is 0. The maximum atomic E-state index is 3.46. The molecule has 1 saturated carbocycles. The van der Waals surface area contributed by atoms with Gasteiger partial charge in [0.05, 0.1) is 0 Å². The SMILES string of the molecule is CC[C@@H]1C[C@H]1CBr. The van der Waals surface area contributed by atoms with Gasteiger partial charge in [0, 0.05) is 5.33 Å². The first-order valence-corrected chi connectivity index (χ1v) is 4.06. The van der Waals surface area contributed by atoms with Crippen LogP contribution in [0.25, 0.3) is 0 Å². The molecule has 2 atom stereocenters. The van der Waals surface area contributed by atoms with E-state index in [4.69, 9.17) is 0 Å². The van der Waals surface area contributed by atoms with Crippen LogP contribution in [0.3, 0.4) is 0 Å². The summed E-state index contributed by atoms with van der Waals surface area (Å²) in [5.41, 5.74) is 0. The Balaban J connectivity index is 2.06. The maximum absolute atomic E-state index is 3.46. The van der Waals surface area contributed by atoms with Crippen molar-refractivity contribution < 1.29 is 0 Å². The zero-order valence-electron chi connectivity index (χ0n) is 4.65. The Morgan fingerprint density at radius 2 is 2.29 bits per heavy atom. The van der Waals surface area contributed by atoms with Gasteiger partial charge in [-0.05, 0) is 18.3 Å². The predicted octanol–water partition coefficient (Wildman–Crippen LogP) is 2.43. The molecule has 0 aromatic carbocycles. The largest absolute Gasteiger partial charge is 0.0925 e. The number of rotatable bonds is 2. The van der Waals surface area contributed by atoms with E-state index < -0.39 is 0 Å². The Hall–Kier alpha value is 0.480. The minimum Gasteiger partial charge on any atom is -0.0925 e. The summed E-state index contributed by atoms with van der Waals surface area (Å²) in [4.78, 5) is 0. The normalized spacial score (nSPS) is 38.6. The van der Waals surface area contributed by atoms with E-state index in [0.717, 1.165) is 11.8 Å². The molecular weight excluding hydrogens is 152 g/mol. The average Bonchev–Trinajstić information content (AvgIpc) is 2.43. The van der Waals surface area contributed by atoms with Crippen molar-refractivity contribution in [3.8, 4) is 0 Å². The van der Waals surface area contributed by atoms with Gasteiger partial charge in [0.15, 0.2) is 0 Å². The fourth-order valence-electron chi connectivity index (χ4n) is 0.999. The van der Waals surface area contributed by atoms with Gasteiger partial charge in [0.1, 0.15) is 0 Å². The van der Waals surface area contributed by atoms with Crippen LogP contribution in [-0.4, -0.2) is 5.33 Å². The minimum atomic E-state index is 1.03. The van der Waals surface area contributed by atoms with E-state index in [-0.39, 0.29) is 0 Å². The Morgan fingerprint density at radius 1 is 1.57 bits per heavy atom. The molecule has 1 fully saturated rings. The van der Waals surface area contributed by atoms with Crippen molar-refractivity contribution in [1.82, 2.24) is 0 Å². The third-order valence-electron chi connectivity index (χ3n) is 1.79. The van der Waals surface area contributed by atoms with Crippen LogP contribution in [0, 0.1) is 11.8 Å². The monoisotopic (exact) mass is 162 g/mol. The van der Waals surface area contributed by atoms with Gasteiger partial charge in [0.2, 0.25) is 0 Å². The van der Waals surface area contributed by atoms with Crippen LogP contribution < -0.4 is 0 Å². The van der Waals surface area contributed by atoms with Gasteiger partial charge in [0.25, 0.3) is 0 Å². The molecule has 0 saturated heterocycles. The Kier molecular flexibility index (Phi) is 1.74. The van der Waals surface area contributed by atoms with E-state index in [1.165, 1.54) is 18.2 Å². The average molecular weight is 163 g/mol. The standard InChI is InChI=1S/C6H11Br/c1-2-5-3-6(5)4-7/h5-6H,2-4H2,1H3/t5-,6+/m1/s1. The minimum absolute atomic E-state index is 1.03. The molecule has 0 nitrogen and oxygen atoms in total. The fourth-order valence-corrected chi connectivity index (χ4v) is 1.79. The van der Waals surface area contributed by atoms with E-state index in [1.54, 1.807) is 0 Å². The molecule has 42 valence electrons. The molecule has 0 radical (unpaired) electrons. The highest BCUT2D eigenvalue weighted by molar-refractivity contribution is 9.09. The predicted molar refractivity (Wildman–Crippen MR) is 35.7 cm³/mol. The Morgan fingerprint density at radius 3 is 2.43 bits per heavy atom. The third kappa shape index (κ3) is 1.18. The van der Waals surface area contributed by atoms with E-state index in [2.05, 4.69) is 22.9 Å². The van der Waals surface area contributed by atoms with Gasteiger partial charge in [-0.2, -0.15) is 0 Å². The topological polar surface area (TPSA) is 0 Å². The second-order valence-electron chi connectivity index (χ2n) is 2.32. The van der Waals surface area contributed by atoms with Crippen molar-refractivity contribution in [3.05, 3.63) is 0 Å². The molecule has 1 aliphatic rings. The smallest absolute Gasteiger partial charge is 0.00624 e. The van der Waals surface area contributed by atoms with Crippen molar-refractivity contribution in [2.24, 2.45) is 11.8 Å². The summed E-state index contributed by atoms with van der Waals surface area (Å²) in [5, 5.41) is 1.23. The van der Waals surface area contributed by atoms with E-state index >= 15 is 0 Å². The number of halogens is 1. The lowest BCUT2D eigenvalue weighted by Gasteiger charge is -1.84. The lowest BCUT2D eigenvalue weighted by Crippen LogP contribution is -1.78. The summed E-state index contributed by atoms with van der Waals surface area (Å²) in [7, 11) is 0. The second-order valence-corrected chi connectivity index (χ2v) is 2.97. The molecule has 0 aromatic rings. The van der Waals surface area contributed by atoms with Crippen LogP contribution in [0.2, 0.25) is 0 Å². The first-order valence-electron chi connectivity index (χ1n) is 2.94. The van der Waals surface area contributed by atoms with Gasteiger partial charge in [-0.3, -0.25) is 0 Å². The molecule has 1 aliphatic carbocycles. The molecule has 1 heteroatoms. The molecule has 0 heterocycles. The molecule has 0 amide bonds. The van der Waals surface area contributed by atoms with Gasteiger partial charge >= 0.3 is 0 Å². The maximum Gasteiger partial charge on any atom is 0.00624 e. The van der Waals surface area contributed by atoms with Gasteiger partial charge in [-0.25, -0.2) is 0 Å². The Labute approximate surface area is 53.4 Å². The molecule has 1 rings (SSSR count). The van der Waals surface area contributed by atoms with E-state index in [1.807, 2.05) is 0 Å². The third-order valence-corrected chi connectivity index (χ3v) is 2.62. The van der Waals surface area contributed by atoms with E-state index in [9.17, 15) is 0 Å². The van der Waals surface area contributed by atoms with Crippen molar-refractivity contribution in [1.29, 1.82) is 0 Å². The van der Waals surface area contributed by atoms with Crippen LogP contribution in [-0.2, 0) is 0 Å². The molecule has 0 aromatic heterocycles. The lowest BCUT2D eigenvalue weighted by atomic mass is 10.3. The van der Waals surface area contributed by atoms with Crippen molar-refractivity contribution in [3.63, 3.8) is 0 Å². The molecule has 0 unspecified atom stereocenters. The quantitative estimate of drug-likeness (QED) is 0.548. The summed E-state index contributed by atoms with van der Waals surface area (Å²) in [6.45, 7) is 2.27. The second kappa shape index (κ2) is 2.17. The molecular formula is C6H11Br. The van der Waals surface area contributed by atoms with Gasteiger partial charge < -0.3 is 0 Å². The molecule has 0 N–H and O–H groups in total. The molecule has 0 spiro atoms. The summed E-state index contributed by atoms with van der Waals surface area (Å²) in [6.07, 6.45) is 2.86. The van der Waals surface area contributed by atoms with Crippen LogP contribution in [0.1, 0.15) is 19.8 Å². The molecule has 0 bridgehead atoms. The fraction of sp³-hybridized carbons (Fsp3) is 1.00. The summed E-state index contributed by atoms with van der Waals surface area (Å²) < 4.78 is 0. The Bertz CT molecular complexity index is 53.2. The summed E-state index contributed by atoms with van der Waals surface area (Å²) >= 11 is 3.46. The van der Waals surface area contributed by atoms with Gasteiger partial charge in [-0.1, -0.05) is 29.3 Å². The van der Waals surface area contributed by atoms with Crippen molar-refractivity contribution in [2.45, 2.75) is 19.8 Å². The lowest BCUT2D eigenvalue weighted by molar-refractivity contribution is 0.731. The number of hydrogen-bond donors (Lipinski definition) is 0. The van der Waals surface area contributed by atoms with Crippen molar-refractivity contribution in [2.75, 3.05) is 5.33 Å². The van der Waals surface area contributed by atoms with E-state index in [0.29, 0.717) is 0 Å². The molecule has 0 aliphatic heterocycles. The molecule has 7 heavy (non-hydrogen) atoms. The summed E-state index contributed by atoms with van der Waals surface area (Å²) in [5.74, 6) is 2.10. The van der Waals surface area contributed by atoms with Crippen LogP contribution in [0.15, 0.2) is 0 Å². The first-order chi connectivity index (χ1) is 3.38. The van der Waals surface area contributed by atoms with Crippen LogP contribution >= 0.6 is 15.9 Å². The van der Waals surface area contributed by atoms with Crippen LogP contribution in [0.5, 0.6) is 0 Å². The van der Waals surface area contributed by atoms with Crippen molar-refractivity contribution >= 4 is 15.9 Å².